The van der Waals surface area contributed by atoms with Crippen molar-refractivity contribution in [1.29, 1.82) is 0 Å². The molecule has 8 nitrogen and oxygen atoms in total. The molecule has 0 aromatic heterocycles. The van der Waals surface area contributed by atoms with Gasteiger partial charge in [-0.25, -0.2) is 0 Å². The van der Waals surface area contributed by atoms with Gasteiger partial charge >= 0.3 is 0 Å². The first-order valence-electron chi connectivity index (χ1n) is 7.93. The summed E-state index contributed by atoms with van der Waals surface area (Å²) in [5, 5.41) is 3.91. The summed E-state index contributed by atoms with van der Waals surface area (Å²) in [6, 6.07) is 5.06. The fourth-order valence-corrected chi connectivity index (χ4v) is 3.07. The summed E-state index contributed by atoms with van der Waals surface area (Å²) in [4.78, 5) is 33.6. The molecule has 0 spiro atoms. The Hall–Kier alpha value is -2.77. The van der Waals surface area contributed by atoms with E-state index in [0.717, 1.165) is 0 Å². The van der Waals surface area contributed by atoms with Gasteiger partial charge in [0.2, 0.25) is 0 Å². The summed E-state index contributed by atoms with van der Waals surface area (Å²) in [6.07, 6.45) is -0.285. The molecule has 25 heavy (non-hydrogen) atoms. The van der Waals surface area contributed by atoms with Crippen LogP contribution in [0.15, 0.2) is 23.4 Å². The van der Waals surface area contributed by atoms with Crippen LogP contribution in [0.5, 0.6) is 11.5 Å². The van der Waals surface area contributed by atoms with Crippen molar-refractivity contribution in [2.45, 2.75) is 6.10 Å². The molecule has 1 saturated heterocycles. The number of methoxy groups -OCH3 is 2. The van der Waals surface area contributed by atoms with Crippen LogP contribution in [0.1, 0.15) is 10.4 Å². The first-order valence-corrected chi connectivity index (χ1v) is 7.93. The highest BCUT2D eigenvalue weighted by Crippen LogP contribution is 2.31. The van der Waals surface area contributed by atoms with E-state index in [0.29, 0.717) is 35.9 Å². The quantitative estimate of drug-likeness (QED) is 0.798. The molecule has 3 rings (SSSR count). The Morgan fingerprint density at radius 1 is 1.24 bits per heavy atom. The minimum absolute atomic E-state index is 0.172. The Balaban J connectivity index is 1.78. The van der Waals surface area contributed by atoms with Gasteiger partial charge in [-0.1, -0.05) is 5.16 Å². The zero-order valence-electron chi connectivity index (χ0n) is 14.7. The number of oxime groups is 1. The normalized spacial score (nSPS) is 21.3. The zero-order chi connectivity index (χ0) is 18.1. The van der Waals surface area contributed by atoms with E-state index >= 15 is 0 Å². The van der Waals surface area contributed by atoms with E-state index in [1.165, 1.54) is 12.0 Å². The molecule has 2 aliphatic rings. The molecule has 1 aromatic carbocycles. The minimum atomic E-state index is -0.285. The molecule has 8 heteroatoms. The Kier molecular flexibility index (Phi) is 4.52. The van der Waals surface area contributed by atoms with Crippen molar-refractivity contribution in [3.63, 3.8) is 0 Å². The number of rotatable bonds is 4. The Morgan fingerprint density at radius 3 is 2.64 bits per heavy atom. The van der Waals surface area contributed by atoms with E-state index in [1.54, 1.807) is 44.3 Å². The molecule has 2 amide bonds. The first kappa shape index (κ1) is 17.1. The summed E-state index contributed by atoms with van der Waals surface area (Å²) in [5.41, 5.74) is 0.813. The van der Waals surface area contributed by atoms with Gasteiger partial charge in [0.05, 0.1) is 32.2 Å². The van der Waals surface area contributed by atoms with Crippen molar-refractivity contribution < 1.29 is 23.9 Å². The maximum absolute atomic E-state index is 12.9. The van der Waals surface area contributed by atoms with E-state index in [4.69, 9.17) is 14.3 Å². The molecule has 2 atom stereocenters. The summed E-state index contributed by atoms with van der Waals surface area (Å²) >= 11 is 0. The summed E-state index contributed by atoms with van der Waals surface area (Å²) < 4.78 is 10.5. The number of carbonyl (C=O) groups excluding carboxylic acids is 2. The Morgan fingerprint density at radius 2 is 2.00 bits per heavy atom. The largest absolute Gasteiger partial charge is 0.497 e. The maximum atomic E-state index is 12.9. The molecular weight excluding hydrogens is 326 g/mol. The van der Waals surface area contributed by atoms with Crippen LogP contribution in [0, 0.1) is 5.92 Å². The van der Waals surface area contributed by atoms with Crippen LogP contribution >= 0.6 is 0 Å². The second-order valence-electron chi connectivity index (χ2n) is 6.20. The number of amides is 2. The molecular formula is C17H21N3O5. The molecule has 1 aromatic rings. The Bertz CT molecular complexity index is 731. The lowest BCUT2D eigenvalue weighted by molar-refractivity contribution is -0.122. The van der Waals surface area contributed by atoms with E-state index in [-0.39, 0.29) is 23.8 Å². The fraction of sp³-hybridized carbons (Fsp3) is 0.471. The third-order valence-electron chi connectivity index (χ3n) is 4.46. The number of benzene rings is 1. The third kappa shape index (κ3) is 2.99. The number of nitrogens with zero attached hydrogens (tertiary/aromatic N) is 3. The lowest BCUT2D eigenvalue weighted by Crippen LogP contribution is -2.36. The minimum Gasteiger partial charge on any atom is -0.497 e. The van der Waals surface area contributed by atoms with Crippen LogP contribution in [0.25, 0.3) is 0 Å². The van der Waals surface area contributed by atoms with Crippen molar-refractivity contribution in [3.05, 3.63) is 23.8 Å². The van der Waals surface area contributed by atoms with Gasteiger partial charge in [0.15, 0.2) is 11.8 Å². The number of likely N-dealkylation sites (tertiary alicyclic amines) is 1. The van der Waals surface area contributed by atoms with E-state index in [9.17, 15) is 9.59 Å². The smallest absolute Gasteiger partial charge is 0.271 e. The average Bonchev–Trinajstić information content (AvgIpc) is 3.20. The monoisotopic (exact) mass is 347 g/mol. The molecule has 0 radical (unpaired) electrons. The van der Waals surface area contributed by atoms with Gasteiger partial charge < -0.3 is 24.1 Å². The highest BCUT2D eigenvalue weighted by molar-refractivity contribution is 6.40. The molecule has 2 aliphatic heterocycles. The molecule has 0 unspecified atom stereocenters. The number of ether oxygens (including phenoxy) is 2. The summed E-state index contributed by atoms with van der Waals surface area (Å²) in [7, 11) is 6.39. The van der Waals surface area contributed by atoms with Crippen LogP contribution in [-0.2, 0) is 9.63 Å². The molecule has 0 aliphatic carbocycles. The van der Waals surface area contributed by atoms with Gasteiger partial charge in [0, 0.05) is 26.7 Å². The SMILES string of the molecule is COc1ccc(C(=O)N2C[C@@H]3C(C(=O)N(C)C)=NO[C@@H]3C2)c(OC)c1. The van der Waals surface area contributed by atoms with Gasteiger partial charge in [0.1, 0.15) is 11.5 Å². The number of fused-ring (bicyclic) bond motifs is 1. The molecule has 0 N–H and O–H groups in total. The third-order valence-corrected chi connectivity index (χ3v) is 4.46. The number of hydrogen-bond donors (Lipinski definition) is 0. The average molecular weight is 347 g/mol. The topological polar surface area (TPSA) is 80.7 Å². The standard InChI is InChI=1S/C17H21N3O5/c1-19(2)17(22)15-12-8-20(9-14(12)25-18-15)16(21)11-6-5-10(23-3)7-13(11)24-4/h5-7,12,14H,8-9H2,1-4H3/t12-,14+/m0/s1. The van der Waals surface area contributed by atoms with E-state index in [1.807, 2.05) is 0 Å². The van der Waals surface area contributed by atoms with Crippen LogP contribution in [-0.4, -0.2) is 74.8 Å². The molecule has 0 bridgehead atoms. The van der Waals surface area contributed by atoms with Crippen molar-refractivity contribution in [1.82, 2.24) is 9.80 Å². The predicted octanol–water partition coefficient (Wildman–Crippen LogP) is 0.619. The predicted molar refractivity (Wildman–Crippen MR) is 89.9 cm³/mol. The van der Waals surface area contributed by atoms with Crippen molar-refractivity contribution in [2.75, 3.05) is 41.4 Å². The van der Waals surface area contributed by atoms with E-state index in [2.05, 4.69) is 5.16 Å². The van der Waals surface area contributed by atoms with Gasteiger partial charge in [0.25, 0.3) is 11.8 Å². The second-order valence-corrected chi connectivity index (χ2v) is 6.20. The van der Waals surface area contributed by atoms with Gasteiger partial charge in [-0.15, -0.1) is 0 Å². The van der Waals surface area contributed by atoms with Crippen molar-refractivity contribution in [3.8, 4) is 11.5 Å². The highest BCUT2D eigenvalue weighted by atomic mass is 16.6. The molecule has 134 valence electrons. The second kappa shape index (κ2) is 6.62. The van der Waals surface area contributed by atoms with Gasteiger partial charge in [-0.05, 0) is 12.1 Å². The van der Waals surface area contributed by atoms with Gasteiger partial charge in [-0.2, -0.15) is 0 Å². The van der Waals surface area contributed by atoms with Crippen molar-refractivity contribution >= 4 is 17.5 Å². The number of carbonyl (C=O) groups is 2. The molecule has 1 fully saturated rings. The maximum Gasteiger partial charge on any atom is 0.271 e. The number of hydrogen-bond acceptors (Lipinski definition) is 6. The highest BCUT2D eigenvalue weighted by Gasteiger charge is 2.46. The molecule has 2 heterocycles. The van der Waals surface area contributed by atoms with Crippen LogP contribution in [0.3, 0.4) is 0 Å². The summed E-state index contributed by atoms with van der Waals surface area (Å²) in [6.45, 7) is 0.767. The fourth-order valence-electron chi connectivity index (χ4n) is 3.07. The van der Waals surface area contributed by atoms with Gasteiger partial charge in [-0.3, -0.25) is 9.59 Å². The Labute approximate surface area is 145 Å². The summed E-state index contributed by atoms with van der Waals surface area (Å²) in [5.74, 6) is 0.489. The van der Waals surface area contributed by atoms with Crippen LogP contribution in [0.4, 0.5) is 0 Å². The zero-order valence-corrected chi connectivity index (χ0v) is 14.7. The van der Waals surface area contributed by atoms with E-state index < -0.39 is 0 Å². The lowest BCUT2D eigenvalue weighted by Gasteiger charge is -2.19. The molecule has 0 saturated carbocycles. The lowest BCUT2D eigenvalue weighted by atomic mass is 10.00. The van der Waals surface area contributed by atoms with Crippen molar-refractivity contribution in [2.24, 2.45) is 11.1 Å². The van der Waals surface area contributed by atoms with Crippen LogP contribution < -0.4 is 9.47 Å². The van der Waals surface area contributed by atoms with Crippen LogP contribution in [0.2, 0.25) is 0 Å². The first-order chi connectivity index (χ1) is 12.0.